The second-order valence-electron chi connectivity index (χ2n) is 6.65. The van der Waals surface area contributed by atoms with Crippen LogP contribution in [0.15, 0.2) is 12.4 Å². The first-order chi connectivity index (χ1) is 13.3. The van der Waals surface area contributed by atoms with Crippen LogP contribution in [0.4, 0.5) is 5.95 Å². The molecule has 7 nitrogen and oxygen atoms in total. The van der Waals surface area contributed by atoms with Gasteiger partial charge in [0, 0.05) is 25.2 Å². The lowest BCUT2D eigenvalue weighted by atomic mass is 10.0. The van der Waals surface area contributed by atoms with E-state index in [4.69, 9.17) is 23.1 Å². The number of primary amides is 1. The number of aryl methyl sites for hydroxylation is 1. The van der Waals surface area contributed by atoms with Gasteiger partial charge >= 0.3 is 0 Å². The highest BCUT2D eigenvalue weighted by Crippen LogP contribution is 2.27. The number of nitrogen functional groups attached to an aromatic ring is 1. The lowest BCUT2D eigenvalue weighted by Gasteiger charge is -2.11. The van der Waals surface area contributed by atoms with Crippen molar-refractivity contribution in [2.45, 2.75) is 40.2 Å². The van der Waals surface area contributed by atoms with Gasteiger partial charge in [-0.2, -0.15) is 4.98 Å². The molecule has 28 heavy (non-hydrogen) atoms. The number of rotatable bonds is 4. The van der Waals surface area contributed by atoms with Gasteiger partial charge in [-0.15, -0.1) is 0 Å². The van der Waals surface area contributed by atoms with Crippen LogP contribution in [-0.2, 0) is 11.3 Å². The Hall–Kier alpha value is -3.11. The molecule has 4 N–H and O–H groups in total. The number of amides is 1. The van der Waals surface area contributed by atoms with Gasteiger partial charge in [0.1, 0.15) is 10.8 Å². The summed E-state index contributed by atoms with van der Waals surface area (Å²) in [5.41, 5.74) is 16.6. The van der Waals surface area contributed by atoms with Crippen molar-refractivity contribution >= 4 is 34.5 Å². The number of carbonyl (C=O) groups is 1. The Morgan fingerprint density at radius 1 is 1.25 bits per heavy atom. The lowest BCUT2D eigenvalue weighted by molar-refractivity contribution is -0.117. The molecule has 144 valence electrons. The molecule has 3 aromatic rings. The van der Waals surface area contributed by atoms with E-state index in [9.17, 15) is 4.79 Å². The molecule has 0 aliphatic heterocycles. The van der Waals surface area contributed by atoms with Crippen LogP contribution in [-0.4, -0.2) is 25.4 Å². The molecule has 0 bridgehead atoms. The third-order valence-corrected chi connectivity index (χ3v) is 5.00. The molecule has 3 aromatic heterocycles. The SMILES string of the molecule is Cc1cnc(Cn2cc(C#CCCC(N)=O)c3c(Cl)nc(N)nc32)c(C)c1C. The normalized spacial score (nSPS) is 10.7. The fourth-order valence-electron chi connectivity index (χ4n) is 2.92. The quantitative estimate of drug-likeness (QED) is 0.520. The van der Waals surface area contributed by atoms with Crippen LogP contribution < -0.4 is 11.5 Å². The lowest BCUT2D eigenvalue weighted by Crippen LogP contribution is -2.08. The summed E-state index contributed by atoms with van der Waals surface area (Å²) >= 11 is 6.32. The van der Waals surface area contributed by atoms with Gasteiger partial charge in [-0.05, 0) is 37.5 Å². The number of aromatic nitrogens is 4. The molecule has 0 aliphatic rings. The van der Waals surface area contributed by atoms with Crippen LogP contribution in [0.25, 0.3) is 11.0 Å². The highest BCUT2D eigenvalue weighted by molar-refractivity contribution is 6.34. The topological polar surface area (TPSA) is 113 Å². The maximum Gasteiger partial charge on any atom is 0.223 e. The van der Waals surface area contributed by atoms with Crippen LogP contribution in [0.1, 0.15) is 40.8 Å². The molecule has 0 unspecified atom stereocenters. The number of hydrogen-bond acceptors (Lipinski definition) is 5. The summed E-state index contributed by atoms with van der Waals surface area (Å²) in [6.45, 7) is 6.67. The van der Waals surface area contributed by atoms with Gasteiger partial charge in [-0.3, -0.25) is 9.78 Å². The second kappa shape index (κ2) is 7.87. The van der Waals surface area contributed by atoms with Crippen molar-refractivity contribution in [2.24, 2.45) is 5.73 Å². The molecule has 1 amide bonds. The zero-order valence-corrected chi connectivity index (χ0v) is 16.8. The molecular formula is C20H21ClN6O. The van der Waals surface area contributed by atoms with E-state index in [1.54, 1.807) is 0 Å². The Balaban J connectivity index is 2.08. The van der Waals surface area contributed by atoms with Crippen LogP contribution in [0, 0.1) is 32.6 Å². The molecule has 0 saturated carbocycles. The molecule has 0 spiro atoms. The second-order valence-corrected chi connectivity index (χ2v) is 7.01. The Morgan fingerprint density at radius 2 is 2.00 bits per heavy atom. The van der Waals surface area contributed by atoms with E-state index >= 15 is 0 Å². The minimum atomic E-state index is -0.387. The highest BCUT2D eigenvalue weighted by atomic mass is 35.5. The van der Waals surface area contributed by atoms with Gasteiger partial charge < -0.3 is 16.0 Å². The van der Waals surface area contributed by atoms with E-state index in [2.05, 4.69) is 40.6 Å². The van der Waals surface area contributed by atoms with Crippen molar-refractivity contribution in [3.05, 3.63) is 45.5 Å². The molecule has 0 fully saturated rings. The summed E-state index contributed by atoms with van der Waals surface area (Å²) < 4.78 is 1.92. The zero-order chi connectivity index (χ0) is 20.4. The number of carbonyl (C=O) groups excluding carboxylic acids is 1. The summed E-state index contributed by atoms with van der Waals surface area (Å²) in [7, 11) is 0. The first-order valence-electron chi connectivity index (χ1n) is 8.78. The van der Waals surface area contributed by atoms with Crippen LogP contribution in [0.2, 0.25) is 5.15 Å². The summed E-state index contributed by atoms with van der Waals surface area (Å²) in [5, 5.41) is 0.870. The van der Waals surface area contributed by atoms with Gasteiger partial charge in [-0.1, -0.05) is 23.4 Å². The van der Waals surface area contributed by atoms with E-state index in [1.165, 1.54) is 5.56 Å². The van der Waals surface area contributed by atoms with Gasteiger partial charge in [0.2, 0.25) is 11.9 Å². The molecule has 0 aliphatic carbocycles. The number of anilines is 1. The maximum absolute atomic E-state index is 10.9. The number of hydrogen-bond donors (Lipinski definition) is 2. The third-order valence-electron chi connectivity index (χ3n) is 4.73. The van der Waals surface area contributed by atoms with E-state index in [1.807, 2.05) is 23.9 Å². The molecule has 0 saturated heterocycles. The highest BCUT2D eigenvalue weighted by Gasteiger charge is 2.16. The van der Waals surface area contributed by atoms with E-state index in [0.29, 0.717) is 29.6 Å². The average molecular weight is 397 g/mol. The monoisotopic (exact) mass is 396 g/mol. The van der Waals surface area contributed by atoms with Crippen molar-refractivity contribution in [1.82, 2.24) is 19.5 Å². The number of halogens is 1. The molecule has 3 rings (SSSR count). The molecule has 8 heteroatoms. The predicted molar refractivity (Wildman–Crippen MR) is 110 cm³/mol. The summed E-state index contributed by atoms with van der Waals surface area (Å²) in [4.78, 5) is 23.9. The Bertz CT molecular complexity index is 1140. The predicted octanol–water partition coefficient (Wildman–Crippen LogP) is 2.65. The smallest absolute Gasteiger partial charge is 0.223 e. The van der Waals surface area contributed by atoms with Gasteiger partial charge in [0.25, 0.3) is 0 Å². The number of pyridine rings is 1. The van der Waals surface area contributed by atoms with E-state index in [-0.39, 0.29) is 23.4 Å². The average Bonchev–Trinajstić information content (AvgIpc) is 2.96. The largest absolute Gasteiger partial charge is 0.370 e. The number of fused-ring (bicyclic) bond motifs is 1. The molecule has 0 aromatic carbocycles. The van der Waals surface area contributed by atoms with Gasteiger partial charge in [0.15, 0.2) is 0 Å². The van der Waals surface area contributed by atoms with E-state index < -0.39 is 0 Å². The minimum absolute atomic E-state index is 0.0925. The van der Waals surface area contributed by atoms with Gasteiger partial charge in [-0.25, -0.2) is 4.98 Å². The van der Waals surface area contributed by atoms with E-state index in [0.717, 1.165) is 16.8 Å². The first kappa shape index (κ1) is 19.6. The standard InChI is InChI=1S/C20H21ClN6O/c1-11-8-24-15(13(3)12(11)2)10-27-9-14(6-4-5-7-16(22)28)17-18(21)25-20(23)26-19(17)27/h8-9H,5,7,10H2,1-3H3,(H2,22,28)(H2,23,25,26). The maximum atomic E-state index is 10.9. The van der Waals surface area contributed by atoms with Crippen molar-refractivity contribution in [1.29, 1.82) is 0 Å². The summed E-state index contributed by atoms with van der Waals surface area (Å²) in [6.07, 6.45) is 4.30. The van der Waals surface area contributed by atoms with Crippen molar-refractivity contribution in [2.75, 3.05) is 5.73 Å². The fraction of sp³-hybridized carbons (Fsp3) is 0.300. The zero-order valence-electron chi connectivity index (χ0n) is 16.0. The fourth-order valence-corrected chi connectivity index (χ4v) is 3.19. The molecule has 0 atom stereocenters. The Labute approximate surface area is 168 Å². The van der Waals surface area contributed by atoms with Crippen LogP contribution in [0.3, 0.4) is 0 Å². The summed E-state index contributed by atoms with van der Waals surface area (Å²) in [5.74, 6) is 5.69. The number of nitrogens with two attached hydrogens (primary N) is 2. The molecule has 3 heterocycles. The van der Waals surface area contributed by atoms with Crippen molar-refractivity contribution in [3.63, 3.8) is 0 Å². The minimum Gasteiger partial charge on any atom is -0.370 e. The number of nitrogens with zero attached hydrogens (tertiary/aromatic N) is 4. The van der Waals surface area contributed by atoms with Crippen LogP contribution in [0.5, 0.6) is 0 Å². The molecule has 0 radical (unpaired) electrons. The Morgan fingerprint density at radius 3 is 2.71 bits per heavy atom. The third kappa shape index (κ3) is 3.92. The van der Waals surface area contributed by atoms with Crippen molar-refractivity contribution in [3.8, 4) is 11.8 Å². The van der Waals surface area contributed by atoms with Crippen LogP contribution >= 0.6 is 11.6 Å². The van der Waals surface area contributed by atoms with Gasteiger partial charge in [0.05, 0.1) is 23.2 Å². The summed E-state index contributed by atoms with van der Waals surface area (Å²) in [6, 6.07) is 0. The Kier molecular flexibility index (Phi) is 5.52. The molecular weight excluding hydrogens is 376 g/mol. The first-order valence-corrected chi connectivity index (χ1v) is 9.16. The van der Waals surface area contributed by atoms with Crippen molar-refractivity contribution < 1.29 is 4.79 Å².